The van der Waals surface area contributed by atoms with Crippen LogP contribution in [0.5, 0.6) is 0 Å². The second-order valence-corrected chi connectivity index (χ2v) is 13.2. The first-order chi connectivity index (χ1) is 24.8. The van der Waals surface area contributed by atoms with Gasteiger partial charge in [-0.15, -0.1) is 0 Å². The average molecular weight is 637 g/mol. The number of hydrogen-bond donors (Lipinski definition) is 0. The molecule has 0 radical (unpaired) electrons. The van der Waals surface area contributed by atoms with Crippen molar-refractivity contribution >= 4 is 21.9 Å². The lowest BCUT2D eigenvalue weighted by Crippen LogP contribution is -2.33. The van der Waals surface area contributed by atoms with E-state index in [9.17, 15) is 0 Å². The smallest absolute Gasteiger partial charge is 0.160 e. The van der Waals surface area contributed by atoms with Crippen molar-refractivity contribution in [2.75, 3.05) is 0 Å². The lowest BCUT2D eigenvalue weighted by molar-refractivity contribution is 0.746. The van der Waals surface area contributed by atoms with Crippen LogP contribution < -0.4 is 0 Å². The fraction of sp³-hybridized carbons (Fsp3) is 0.0217. The fourth-order valence-electron chi connectivity index (χ4n) is 8.60. The van der Waals surface area contributed by atoms with Crippen LogP contribution in [-0.2, 0) is 5.41 Å². The largest absolute Gasteiger partial charge is 0.292 e. The van der Waals surface area contributed by atoms with Gasteiger partial charge in [0, 0.05) is 22.1 Å². The standard InChI is InChI=1S/C46H28N4/c1-3-14-29(15-4-1)42-34-19-8-11-23-39(34)47-44(49-42)31-26-27-33-32-18-7-9-20-35(32)46(38(33)28-31)36-21-10-12-25-41(36)50-43-37(46)22-13-24-40(43)48-45(50)30-16-5-2-6-17-30/h1-28H. The van der Waals surface area contributed by atoms with Crippen molar-refractivity contribution in [2.24, 2.45) is 0 Å². The fourth-order valence-corrected chi connectivity index (χ4v) is 8.60. The van der Waals surface area contributed by atoms with E-state index >= 15 is 0 Å². The molecular weight excluding hydrogens is 609 g/mol. The minimum absolute atomic E-state index is 0.568. The first kappa shape index (κ1) is 27.3. The van der Waals surface area contributed by atoms with E-state index in [1.807, 2.05) is 6.07 Å². The molecule has 1 atom stereocenters. The highest BCUT2D eigenvalue weighted by Crippen LogP contribution is 2.61. The van der Waals surface area contributed by atoms with E-state index in [-0.39, 0.29) is 0 Å². The molecule has 1 aliphatic heterocycles. The first-order valence-corrected chi connectivity index (χ1v) is 17.0. The summed E-state index contributed by atoms with van der Waals surface area (Å²) >= 11 is 0. The molecule has 1 spiro atoms. The van der Waals surface area contributed by atoms with Gasteiger partial charge in [0.1, 0.15) is 5.82 Å². The van der Waals surface area contributed by atoms with Crippen molar-refractivity contribution < 1.29 is 0 Å². The van der Waals surface area contributed by atoms with E-state index in [1.165, 1.54) is 33.4 Å². The van der Waals surface area contributed by atoms with E-state index in [0.717, 1.165) is 61.7 Å². The minimum Gasteiger partial charge on any atom is -0.292 e. The summed E-state index contributed by atoms with van der Waals surface area (Å²) in [5, 5.41) is 1.04. The van der Waals surface area contributed by atoms with Gasteiger partial charge in [-0.25, -0.2) is 15.0 Å². The van der Waals surface area contributed by atoms with Crippen LogP contribution in [0.4, 0.5) is 0 Å². The third kappa shape index (κ3) is 3.57. The molecule has 0 saturated heterocycles. The van der Waals surface area contributed by atoms with Crippen LogP contribution in [0.1, 0.15) is 22.3 Å². The molecule has 1 aliphatic carbocycles. The summed E-state index contributed by atoms with van der Waals surface area (Å²) in [4.78, 5) is 15.7. The van der Waals surface area contributed by atoms with Crippen LogP contribution in [0.15, 0.2) is 170 Å². The normalized spacial score (nSPS) is 15.3. The van der Waals surface area contributed by atoms with Gasteiger partial charge in [-0.3, -0.25) is 4.57 Å². The van der Waals surface area contributed by atoms with Crippen LogP contribution in [0.2, 0.25) is 0 Å². The Morgan fingerprint density at radius 1 is 0.420 bits per heavy atom. The predicted molar refractivity (Wildman–Crippen MR) is 201 cm³/mol. The van der Waals surface area contributed by atoms with Crippen LogP contribution in [0, 0.1) is 0 Å². The highest BCUT2D eigenvalue weighted by molar-refractivity contribution is 5.98. The van der Waals surface area contributed by atoms with E-state index in [2.05, 4.69) is 168 Å². The van der Waals surface area contributed by atoms with Gasteiger partial charge in [-0.1, -0.05) is 146 Å². The number of aromatic nitrogens is 4. The molecule has 3 heterocycles. The molecule has 232 valence electrons. The van der Waals surface area contributed by atoms with Crippen LogP contribution in [0.3, 0.4) is 0 Å². The molecule has 4 heteroatoms. The van der Waals surface area contributed by atoms with Gasteiger partial charge in [-0.05, 0) is 57.6 Å². The SMILES string of the molecule is c1ccc(-c2nc(-c3ccc4c(c3)C3(c5ccccc5-4)c4ccccc4-n4c(-c5ccccc5)nc5cccc3c54)nc3ccccc23)cc1. The summed E-state index contributed by atoms with van der Waals surface area (Å²) in [6, 6.07) is 60.5. The Bertz CT molecular complexity index is 2820. The number of fused-ring (bicyclic) bond motifs is 10. The van der Waals surface area contributed by atoms with E-state index < -0.39 is 5.41 Å². The number of rotatable bonds is 3. The van der Waals surface area contributed by atoms with Gasteiger partial charge in [0.25, 0.3) is 0 Å². The Morgan fingerprint density at radius 2 is 1.08 bits per heavy atom. The molecule has 2 aliphatic rings. The summed E-state index contributed by atoms with van der Waals surface area (Å²) < 4.78 is 2.38. The maximum absolute atomic E-state index is 5.30. The predicted octanol–water partition coefficient (Wildman–Crippen LogP) is 10.6. The number of para-hydroxylation sites is 3. The Kier molecular flexibility index (Phi) is 5.56. The Hall–Kier alpha value is -6.65. The van der Waals surface area contributed by atoms with Gasteiger partial charge in [0.05, 0.1) is 33.3 Å². The second kappa shape index (κ2) is 10.2. The number of imidazole rings is 1. The van der Waals surface area contributed by atoms with Crippen molar-refractivity contribution in [3.05, 3.63) is 192 Å². The van der Waals surface area contributed by atoms with Crippen LogP contribution >= 0.6 is 0 Å². The lowest BCUT2D eigenvalue weighted by Gasteiger charge is -2.39. The van der Waals surface area contributed by atoms with Crippen LogP contribution in [0.25, 0.3) is 72.8 Å². The van der Waals surface area contributed by atoms with Crippen LogP contribution in [-0.4, -0.2) is 19.5 Å². The van der Waals surface area contributed by atoms with Crippen molar-refractivity contribution in [3.8, 4) is 50.8 Å². The number of hydrogen-bond acceptors (Lipinski definition) is 3. The summed E-state index contributed by atoms with van der Waals surface area (Å²) in [5.41, 5.74) is 15.2. The third-order valence-corrected chi connectivity index (χ3v) is 10.6. The van der Waals surface area contributed by atoms with E-state index in [1.54, 1.807) is 0 Å². The van der Waals surface area contributed by atoms with Crippen molar-refractivity contribution in [3.63, 3.8) is 0 Å². The molecule has 11 rings (SSSR count). The Morgan fingerprint density at radius 3 is 1.94 bits per heavy atom. The monoisotopic (exact) mass is 636 g/mol. The molecule has 50 heavy (non-hydrogen) atoms. The highest BCUT2D eigenvalue weighted by Gasteiger charge is 2.51. The maximum Gasteiger partial charge on any atom is 0.160 e. The molecule has 0 fully saturated rings. The van der Waals surface area contributed by atoms with Crippen molar-refractivity contribution in [1.29, 1.82) is 0 Å². The van der Waals surface area contributed by atoms with Crippen molar-refractivity contribution in [1.82, 2.24) is 19.5 Å². The molecule has 2 aromatic heterocycles. The van der Waals surface area contributed by atoms with Gasteiger partial charge in [0.15, 0.2) is 5.82 Å². The van der Waals surface area contributed by atoms with E-state index in [0.29, 0.717) is 0 Å². The summed E-state index contributed by atoms with van der Waals surface area (Å²) in [5.74, 6) is 1.67. The molecule has 0 saturated carbocycles. The summed E-state index contributed by atoms with van der Waals surface area (Å²) in [6.07, 6.45) is 0. The molecule has 0 bridgehead atoms. The van der Waals surface area contributed by atoms with Gasteiger partial charge < -0.3 is 0 Å². The molecule has 1 unspecified atom stereocenters. The molecule has 0 amide bonds. The number of nitrogens with zero attached hydrogens (tertiary/aromatic N) is 4. The zero-order valence-corrected chi connectivity index (χ0v) is 27.0. The van der Waals surface area contributed by atoms with Gasteiger partial charge >= 0.3 is 0 Å². The van der Waals surface area contributed by atoms with Crippen molar-refractivity contribution in [2.45, 2.75) is 5.41 Å². The molecular formula is C46H28N4. The zero-order chi connectivity index (χ0) is 32.8. The average Bonchev–Trinajstić information content (AvgIpc) is 3.72. The third-order valence-electron chi connectivity index (χ3n) is 10.6. The molecule has 4 nitrogen and oxygen atoms in total. The highest BCUT2D eigenvalue weighted by atomic mass is 15.1. The minimum atomic E-state index is -0.568. The maximum atomic E-state index is 5.30. The number of benzene rings is 7. The molecule has 0 N–H and O–H groups in total. The van der Waals surface area contributed by atoms with E-state index in [4.69, 9.17) is 15.0 Å². The first-order valence-electron chi connectivity index (χ1n) is 17.0. The van der Waals surface area contributed by atoms with Gasteiger partial charge in [-0.2, -0.15) is 0 Å². The lowest BCUT2D eigenvalue weighted by atomic mass is 9.65. The molecule has 7 aromatic carbocycles. The van der Waals surface area contributed by atoms with Gasteiger partial charge in [0.2, 0.25) is 0 Å². The summed E-state index contributed by atoms with van der Waals surface area (Å²) in [6.45, 7) is 0. The Labute approximate surface area is 289 Å². The topological polar surface area (TPSA) is 43.6 Å². The quantitative estimate of drug-likeness (QED) is 0.194. The Balaban J connectivity index is 1.23. The summed E-state index contributed by atoms with van der Waals surface area (Å²) in [7, 11) is 0. The molecule has 9 aromatic rings. The second-order valence-electron chi connectivity index (χ2n) is 13.2. The zero-order valence-electron chi connectivity index (χ0n) is 27.0.